The van der Waals surface area contributed by atoms with E-state index in [0.29, 0.717) is 34.1 Å². The fourth-order valence-corrected chi connectivity index (χ4v) is 3.60. The van der Waals surface area contributed by atoms with E-state index in [1.165, 1.54) is 14.2 Å². The lowest BCUT2D eigenvalue weighted by Crippen LogP contribution is -2.14. The van der Waals surface area contributed by atoms with Crippen molar-refractivity contribution in [2.75, 3.05) is 28.4 Å². The van der Waals surface area contributed by atoms with Crippen molar-refractivity contribution in [1.29, 1.82) is 0 Å². The fraction of sp³-hybridized carbons (Fsp3) is 0.200. The Morgan fingerprint density at radius 2 is 1.64 bits per heavy atom. The third-order valence-corrected chi connectivity index (χ3v) is 5.24. The number of carbonyl (C=O) groups excluding carboxylic acids is 1. The smallest absolute Gasteiger partial charge is 0.231 e. The molecule has 0 saturated heterocycles. The van der Waals surface area contributed by atoms with E-state index >= 15 is 0 Å². The van der Waals surface area contributed by atoms with Crippen molar-refractivity contribution in [2.45, 2.75) is 6.10 Å². The average Bonchev–Trinajstić information content (AvgIpc) is 3.56. The summed E-state index contributed by atoms with van der Waals surface area (Å²) in [6, 6.07) is 16.2. The number of aromatic nitrogens is 2. The van der Waals surface area contributed by atoms with E-state index in [1.54, 1.807) is 49.4 Å². The molecule has 8 heteroatoms. The first kappa shape index (κ1) is 22.2. The molecule has 0 spiro atoms. The van der Waals surface area contributed by atoms with Crippen molar-refractivity contribution in [3.8, 4) is 34.3 Å². The number of hydrogen-bond acceptors (Lipinski definition) is 7. The van der Waals surface area contributed by atoms with Crippen LogP contribution in [0.5, 0.6) is 17.2 Å². The van der Waals surface area contributed by atoms with Crippen LogP contribution in [0.15, 0.2) is 71.4 Å². The molecular weight excluding hydrogens is 424 g/mol. The Morgan fingerprint density at radius 3 is 2.18 bits per heavy atom. The van der Waals surface area contributed by atoms with E-state index in [0.717, 1.165) is 5.69 Å². The van der Waals surface area contributed by atoms with Gasteiger partial charge in [-0.2, -0.15) is 5.10 Å². The highest BCUT2D eigenvalue weighted by atomic mass is 16.5. The summed E-state index contributed by atoms with van der Waals surface area (Å²) >= 11 is 0. The van der Waals surface area contributed by atoms with Gasteiger partial charge in [-0.15, -0.1) is 0 Å². The molecule has 33 heavy (non-hydrogen) atoms. The van der Waals surface area contributed by atoms with E-state index in [2.05, 4.69) is 5.10 Å². The van der Waals surface area contributed by atoms with Gasteiger partial charge in [0, 0.05) is 25.1 Å². The maximum absolute atomic E-state index is 13.2. The van der Waals surface area contributed by atoms with Crippen LogP contribution < -0.4 is 14.2 Å². The SMILES string of the molecule is COc1cc(-c2ccc(C(=O)C(OC)c3ccc(-n4cccn4)cc3)o2)cc(OC)c1OC. The molecule has 0 bridgehead atoms. The highest BCUT2D eigenvalue weighted by Gasteiger charge is 2.25. The average molecular weight is 448 g/mol. The summed E-state index contributed by atoms with van der Waals surface area (Å²) in [5, 5.41) is 4.21. The number of Topliss-reactive ketones (excluding diaryl/α,β-unsaturated/α-hetero) is 1. The predicted molar refractivity (Wildman–Crippen MR) is 121 cm³/mol. The van der Waals surface area contributed by atoms with Crippen molar-refractivity contribution in [3.05, 3.63) is 78.3 Å². The van der Waals surface area contributed by atoms with Gasteiger partial charge in [0.25, 0.3) is 0 Å². The minimum Gasteiger partial charge on any atom is -0.493 e. The van der Waals surface area contributed by atoms with Gasteiger partial charge >= 0.3 is 0 Å². The van der Waals surface area contributed by atoms with Crippen molar-refractivity contribution in [1.82, 2.24) is 9.78 Å². The maximum Gasteiger partial charge on any atom is 0.231 e. The Balaban J connectivity index is 1.60. The first-order valence-corrected chi connectivity index (χ1v) is 10.2. The predicted octanol–water partition coefficient (Wildman–Crippen LogP) is 4.73. The fourth-order valence-electron chi connectivity index (χ4n) is 3.60. The molecule has 8 nitrogen and oxygen atoms in total. The van der Waals surface area contributed by atoms with Crippen LogP contribution >= 0.6 is 0 Å². The molecule has 0 radical (unpaired) electrons. The number of ether oxygens (including phenoxy) is 4. The lowest BCUT2D eigenvalue weighted by atomic mass is 10.0. The Morgan fingerprint density at radius 1 is 0.939 bits per heavy atom. The van der Waals surface area contributed by atoms with Crippen LogP contribution in [0.4, 0.5) is 0 Å². The molecule has 2 heterocycles. The minimum absolute atomic E-state index is 0.182. The molecule has 0 fully saturated rings. The van der Waals surface area contributed by atoms with Gasteiger partial charge in [-0.25, -0.2) is 4.68 Å². The van der Waals surface area contributed by atoms with Gasteiger partial charge in [0.1, 0.15) is 11.9 Å². The summed E-state index contributed by atoms with van der Waals surface area (Å²) in [7, 11) is 6.11. The highest BCUT2D eigenvalue weighted by Crippen LogP contribution is 2.41. The summed E-state index contributed by atoms with van der Waals surface area (Å²) in [6.07, 6.45) is 2.75. The van der Waals surface area contributed by atoms with Gasteiger partial charge in [-0.1, -0.05) is 12.1 Å². The number of rotatable bonds is 9. The second kappa shape index (κ2) is 9.62. The van der Waals surface area contributed by atoms with Gasteiger partial charge in [0.05, 0.1) is 27.0 Å². The highest BCUT2D eigenvalue weighted by molar-refractivity contribution is 5.98. The third kappa shape index (κ3) is 4.33. The molecular formula is C25H24N2O6. The quantitative estimate of drug-likeness (QED) is 0.342. The van der Waals surface area contributed by atoms with Crippen LogP contribution in [0.3, 0.4) is 0 Å². The Labute approximate surface area is 191 Å². The molecule has 0 aliphatic rings. The molecule has 0 saturated carbocycles. The van der Waals surface area contributed by atoms with E-state index in [9.17, 15) is 4.79 Å². The number of furan rings is 1. The monoisotopic (exact) mass is 448 g/mol. The number of hydrogen-bond donors (Lipinski definition) is 0. The number of carbonyl (C=O) groups is 1. The third-order valence-electron chi connectivity index (χ3n) is 5.24. The van der Waals surface area contributed by atoms with Crippen molar-refractivity contribution in [2.24, 2.45) is 0 Å². The molecule has 4 rings (SSSR count). The van der Waals surface area contributed by atoms with Crippen molar-refractivity contribution < 1.29 is 28.2 Å². The molecule has 1 unspecified atom stereocenters. The number of ketones is 1. The van der Waals surface area contributed by atoms with Gasteiger partial charge < -0.3 is 23.4 Å². The van der Waals surface area contributed by atoms with Crippen LogP contribution in [0.1, 0.15) is 22.2 Å². The molecule has 0 N–H and O–H groups in total. The summed E-state index contributed by atoms with van der Waals surface area (Å²) in [6.45, 7) is 0. The Bertz CT molecular complexity index is 1200. The molecule has 2 aromatic carbocycles. The zero-order valence-corrected chi connectivity index (χ0v) is 18.8. The second-order valence-corrected chi connectivity index (χ2v) is 7.10. The normalized spacial score (nSPS) is 11.8. The van der Waals surface area contributed by atoms with Crippen LogP contribution in [-0.2, 0) is 4.74 Å². The lowest BCUT2D eigenvalue weighted by molar-refractivity contribution is 0.0577. The molecule has 2 aromatic heterocycles. The van der Waals surface area contributed by atoms with Gasteiger partial charge in [0.2, 0.25) is 11.5 Å². The molecule has 170 valence electrons. The summed E-state index contributed by atoms with van der Waals surface area (Å²) < 4.78 is 29.3. The van der Waals surface area contributed by atoms with Gasteiger partial charge in [-0.3, -0.25) is 4.79 Å². The summed E-state index contributed by atoms with van der Waals surface area (Å²) in [5.74, 6) is 1.84. The molecule has 1 atom stereocenters. The summed E-state index contributed by atoms with van der Waals surface area (Å²) in [4.78, 5) is 13.2. The standard InChI is InChI=1S/C25H24N2O6/c1-29-21-14-17(15-22(30-2)25(21)32-4)19-10-11-20(33-19)23(28)24(31-3)16-6-8-18(9-7-16)27-13-5-12-26-27/h5-15,24H,1-4H3. The Hall–Kier alpha value is -4.04. The van der Waals surface area contributed by atoms with Gasteiger partial charge in [0.15, 0.2) is 17.3 Å². The molecule has 4 aromatic rings. The van der Waals surface area contributed by atoms with Crippen LogP contribution in [-0.4, -0.2) is 44.0 Å². The lowest BCUT2D eigenvalue weighted by Gasteiger charge is -2.14. The Kier molecular flexibility index (Phi) is 6.46. The zero-order chi connectivity index (χ0) is 23.4. The van der Waals surface area contributed by atoms with Crippen molar-refractivity contribution >= 4 is 5.78 Å². The van der Waals surface area contributed by atoms with E-state index in [-0.39, 0.29) is 11.5 Å². The van der Waals surface area contributed by atoms with E-state index in [1.807, 2.05) is 36.5 Å². The van der Waals surface area contributed by atoms with Crippen molar-refractivity contribution in [3.63, 3.8) is 0 Å². The van der Waals surface area contributed by atoms with E-state index in [4.69, 9.17) is 23.4 Å². The molecule has 0 aliphatic heterocycles. The first-order valence-electron chi connectivity index (χ1n) is 10.2. The topological polar surface area (TPSA) is 85.0 Å². The molecule has 0 aliphatic carbocycles. The molecule has 0 amide bonds. The largest absolute Gasteiger partial charge is 0.493 e. The number of methoxy groups -OCH3 is 4. The van der Waals surface area contributed by atoms with Gasteiger partial charge in [-0.05, 0) is 48.0 Å². The minimum atomic E-state index is -0.810. The number of nitrogens with zero attached hydrogens (tertiary/aromatic N) is 2. The van der Waals surface area contributed by atoms with E-state index < -0.39 is 6.10 Å². The first-order chi connectivity index (χ1) is 16.1. The van der Waals surface area contributed by atoms with Crippen LogP contribution in [0.2, 0.25) is 0 Å². The van der Waals surface area contributed by atoms with Crippen LogP contribution in [0.25, 0.3) is 17.0 Å². The van der Waals surface area contributed by atoms with Crippen LogP contribution in [0, 0.1) is 0 Å². The summed E-state index contributed by atoms with van der Waals surface area (Å²) in [5.41, 5.74) is 2.28. The second-order valence-electron chi connectivity index (χ2n) is 7.10. The maximum atomic E-state index is 13.2. The number of benzene rings is 2. The zero-order valence-electron chi connectivity index (χ0n) is 18.8.